The highest BCUT2D eigenvalue weighted by Crippen LogP contribution is 2.18. The summed E-state index contributed by atoms with van der Waals surface area (Å²) in [4.78, 5) is 44.0. The van der Waals surface area contributed by atoms with Crippen molar-refractivity contribution in [3.05, 3.63) is 65.9 Å². The van der Waals surface area contributed by atoms with Gasteiger partial charge in [-0.1, -0.05) is 44.2 Å². The fraction of sp³-hybridized carbons (Fsp3) is 0.379. The molecule has 0 bridgehead atoms. The van der Waals surface area contributed by atoms with E-state index >= 15 is 0 Å². The van der Waals surface area contributed by atoms with Gasteiger partial charge in [-0.2, -0.15) is 0 Å². The number of phenols is 1. The second-order valence-corrected chi connectivity index (χ2v) is 10.0. The molecule has 1 unspecified atom stereocenters. The molecular formula is C29H43N5O10. The third kappa shape index (κ3) is 15.1. The SMILES string of the molecule is CC(C)[C@H](N)C(=O)O.CC(O)[C@H](N)C(=O)O.N[C@@H](Cc1c[nH]c2ccccc12)C(=O)O.N[C@@H](Cc1ccc(O)cc1)C(=O)O. The fourth-order valence-corrected chi connectivity index (χ4v) is 3.09. The number of fused-ring (bicyclic) bond motifs is 1. The van der Waals surface area contributed by atoms with Crippen molar-refractivity contribution in [1.82, 2.24) is 4.98 Å². The van der Waals surface area contributed by atoms with Gasteiger partial charge in [0.15, 0.2) is 0 Å². The number of rotatable bonds is 10. The Morgan fingerprint density at radius 2 is 1.18 bits per heavy atom. The van der Waals surface area contributed by atoms with Gasteiger partial charge in [0.05, 0.1) is 6.10 Å². The van der Waals surface area contributed by atoms with E-state index in [-0.39, 0.29) is 18.1 Å². The van der Waals surface area contributed by atoms with Gasteiger partial charge in [0, 0.05) is 23.5 Å². The summed E-state index contributed by atoms with van der Waals surface area (Å²) in [6, 6.07) is 10.5. The Hall–Kier alpha value is -4.54. The van der Waals surface area contributed by atoms with Crippen LogP contribution >= 0.6 is 0 Å². The van der Waals surface area contributed by atoms with Gasteiger partial charge in [-0.3, -0.25) is 19.2 Å². The zero-order valence-electron chi connectivity index (χ0n) is 24.7. The Balaban J connectivity index is 0.000000585. The average Bonchev–Trinajstić information content (AvgIpc) is 3.36. The van der Waals surface area contributed by atoms with Crippen molar-refractivity contribution in [2.75, 3.05) is 0 Å². The first-order chi connectivity index (χ1) is 20.4. The number of aromatic nitrogens is 1. The van der Waals surface area contributed by atoms with Crippen molar-refractivity contribution < 1.29 is 49.8 Å². The zero-order valence-corrected chi connectivity index (χ0v) is 24.7. The van der Waals surface area contributed by atoms with Crippen LogP contribution < -0.4 is 22.9 Å². The molecule has 1 heterocycles. The first-order valence-corrected chi connectivity index (χ1v) is 13.3. The number of aliphatic hydroxyl groups excluding tert-OH is 1. The number of nitrogens with one attached hydrogen (secondary N) is 1. The number of carboxylic acid groups (broad SMARTS) is 4. The van der Waals surface area contributed by atoms with Gasteiger partial charge in [-0.15, -0.1) is 0 Å². The monoisotopic (exact) mass is 621 g/mol. The third-order valence-corrected chi connectivity index (χ3v) is 5.95. The maximum atomic E-state index is 10.6. The lowest BCUT2D eigenvalue weighted by Crippen LogP contribution is -2.39. The first kappa shape index (κ1) is 39.5. The Morgan fingerprint density at radius 1 is 0.705 bits per heavy atom. The number of carboxylic acids is 4. The number of aliphatic hydroxyl groups is 1. The van der Waals surface area contributed by atoms with Crippen molar-refractivity contribution in [3.8, 4) is 5.75 Å². The largest absolute Gasteiger partial charge is 0.508 e. The number of aromatic amines is 1. The summed E-state index contributed by atoms with van der Waals surface area (Å²) in [5.74, 6) is -3.92. The van der Waals surface area contributed by atoms with Crippen LogP contribution in [-0.4, -0.2) is 89.8 Å². The predicted octanol–water partition coefficient (Wildman–Crippen LogP) is 0.302. The Kier molecular flexibility index (Phi) is 17.6. The van der Waals surface area contributed by atoms with Crippen LogP contribution in [-0.2, 0) is 32.0 Å². The summed E-state index contributed by atoms with van der Waals surface area (Å²) < 4.78 is 0. The quantitative estimate of drug-likeness (QED) is 0.145. The number of hydrogen-bond donors (Lipinski definition) is 11. The second-order valence-electron chi connectivity index (χ2n) is 10.0. The van der Waals surface area contributed by atoms with Gasteiger partial charge in [-0.05, 0) is 48.6 Å². The second kappa shape index (κ2) is 19.6. The van der Waals surface area contributed by atoms with Crippen LogP contribution in [0, 0.1) is 5.92 Å². The van der Waals surface area contributed by atoms with E-state index in [2.05, 4.69) is 4.98 Å². The van der Waals surface area contributed by atoms with E-state index in [1.54, 1.807) is 26.0 Å². The number of aromatic hydroxyl groups is 1. The number of carbonyl (C=O) groups is 4. The van der Waals surface area contributed by atoms with E-state index in [4.69, 9.17) is 53.6 Å². The Bertz CT molecular complexity index is 1300. The maximum Gasteiger partial charge on any atom is 0.323 e. The summed E-state index contributed by atoms with van der Waals surface area (Å²) in [6.07, 6.45) is 1.45. The normalized spacial score (nSPS) is 13.8. The van der Waals surface area contributed by atoms with E-state index in [0.29, 0.717) is 6.42 Å². The summed E-state index contributed by atoms with van der Waals surface area (Å²) in [5, 5.41) is 52.0. The van der Waals surface area contributed by atoms with E-state index in [1.807, 2.05) is 30.5 Å². The molecule has 15 nitrogen and oxygen atoms in total. The zero-order chi connectivity index (χ0) is 34.1. The molecule has 0 spiro atoms. The first-order valence-electron chi connectivity index (χ1n) is 13.3. The van der Waals surface area contributed by atoms with Gasteiger partial charge in [0.2, 0.25) is 0 Å². The Morgan fingerprint density at radius 3 is 1.57 bits per heavy atom. The molecule has 3 aromatic rings. The molecule has 3 rings (SSSR count). The number of para-hydroxylation sites is 1. The van der Waals surface area contributed by atoms with Crippen LogP contribution in [0.2, 0.25) is 0 Å². The number of H-pyrrole nitrogens is 1. The molecule has 0 saturated heterocycles. The molecule has 44 heavy (non-hydrogen) atoms. The molecule has 0 amide bonds. The molecule has 0 fully saturated rings. The highest BCUT2D eigenvalue weighted by Gasteiger charge is 2.17. The highest BCUT2D eigenvalue weighted by molar-refractivity contribution is 5.84. The molecule has 15 N–H and O–H groups in total. The van der Waals surface area contributed by atoms with E-state index in [9.17, 15) is 19.2 Å². The molecule has 0 aliphatic heterocycles. The highest BCUT2D eigenvalue weighted by atomic mass is 16.4. The molecule has 0 aliphatic carbocycles. The van der Waals surface area contributed by atoms with Crippen molar-refractivity contribution in [3.63, 3.8) is 0 Å². The lowest BCUT2D eigenvalue weighted by Gasteiger charge is -2.07. The topological polar surface area (TPSA) is 310 Å². The third-order valence-electron chi connectivity index (χ3n) is 5.95. The molecule has 0 radical (unpaired) electrons. The van der Waals surface area contributed by atoms with E-state index in [0.717, 1.165) is 22.0 Å². The summed E-state index contributed by atoms with van der Waals surface area (Å²) in [6.45, 7) is 4.89. The lowest BCUT2D eigenvalue weighted by atomic mass is 10.1. The van der Waals surface area contributed by atoms with E-state index < -0.39 is 54.1 Å². The molecule has 244 valence electrons. The minimum Gasteiger partial charge on any atom is -0.508 e. The smallest absolute Gasteiger partial charge is 0.323 e. The molecular weight excluding hydrogens is 578 g/mol. The van der Waals surface area contributed by atoms with Gasteiger partial charge in [0.1, 0.15) is 29.9 Å². The molecule has 0 aliphatic rings. The van der Waals surface area contributed by atoms with Crippen LogP contribution in [0.1, 0.15) is 31.9 Å². The van der Waals surface area contributed by atoms with Crippen LogP contribution in [0.15, 0.2) is 54.7 Å². The maximum absolute atomic E-state index is 10.6. The van der Waals surface area contributed by atoms with Crippen molar-refractivity contribution in [1.29, 1.82) is 0 Å². The number of benzene rings is 2. The molecule has 2 aromatic carbocycles. The van der Waals surface area contributed by atoms with Gasteiger partial charge in [0.25, 0.3) is 0 Å². The predicted molar refractivity (Wildman–Crippen MR) is 163 cm³/mol. The van der Waals surface area contributed by atoms with Gasteiger partial charge < -0.3 is 58.6 Å². The van der Waals surface area contributed by atoms with E-state index in [1.165, 1.54) is 19.1 Å². The number of aliphatic carboxylic acids is 4. The summed E-state index contributed by atoms with van der Waals surface area (Å²) in [7, 11) is 0. The van der Waals surface area contributed by atoms with Crippen LogP contribution in [0.5, 0.6) is 5.75 Å². The van der Waals surface area contributed by atoms with Crippen LogP contribution in [0.4, 0.5) is 0 Å². The van der Waals surface area contributed by atoms with Gasteiger partial charge >= 0.3 is 23.9 Å². The molecule has 5 atom stereocenters. The van der Waals surface area contributed by atoms with Gasteiger partial charge in [-0.25, -0.2) is 0 Å². The number of nitrogens with two attached hydrogens (primary N) is 4. The molecule has 15 heteroatoms. The average molecular weight is 622 g/mol. The number of hydrogen-bond acceptors (Lipinski definition) is 10. The standard InChI is InChI=1S/C11H12N2O2.C9H11NO3.C5H11NO2.C4H9NO3/c12-9(11(14)15)5-7-6-13-10-4-2-1-3-8(7)10;10-8(9(12)13)5-6-1-3-7(11)4-2-6;1-3(2)4(6)5(7)8;1-2(6)3(5)4(7)8/h1-4,6,9,13H,5,12H2,(H,14,15);1-4,8,11H,5,10H2,(H,12,13);3-4H,6H2,1-2H3,(H,7,8);2-3,6H,5H2,1H3,(H,7,8)/t9-;8-;4-;2?,3-/m0000/s1. The fourth-order valence-electron chi connectivity index (χ4n) is 3.09. The van der Waals surface area contributed by atoms with Crippen molar-refractivity contribution in [2.24, 2.45) is 28.9 Å². The van der Waals surface area contributed by atoms with Crippen LogP contribution in [0.3, 0.4) is 0 Å². The lowest BCUT2D eigenvalue weighted by molar-refractivity contribution is -0.141. The molecule has 0 saturated carbocycles. The summed E-state index contributed by atoms with van der Waals surface area (Å²) >= 11 is 0. The van der Waals surface area contributed by atoms with Crippen molar-refractivity contribution in [2.45, 2.75) is 63.9 Å². The van der Waals surface area contributed by atoms with Crippen LogP contribution in [0.25, 0.3) is 10.9 Å². The minimum absolute atomic E-state index is 0.0208. The Labute approximate surface area is 254 Å². The van der Waals surface area contributed by atoms with Crippen molar-refractivity contribution >= 4 is 34.8 Å². The minimum atomic E-state index is -1.18. The number of phenolic OH excluding ortho intramolecular Hbond substituents is 1. The summed E-state index contributed by atoms with van der Waals surface area (Å²) in [5.41, 5.74) is 23.6. The molecule has 1 aromatic heterocycles.